The molecule has 2 N–H and O–H groups in total. The lowest BCUT2D eigenvalue weighted by molar-refractivity contribution is 0.818. The molecule has 0 atom stereocenters. The van der Waals surface area contributed by atoms with Gasteiger partial charge < -0.3 is 5.73 Å². The Morgan fingerprint density at radius 3 is 2.33 bits per heavy atom. The fraction of sp³-hybridized carbons (Fsp3) is 0.286. The van der Waals surface area contributed by atoms with Gasteiger partial charge in [0.25, 0.3) is 0 Å². The minimum atomic E-state index is 0.347. The van der Waals surface area contributed by atoms with Crippen molar-refractivity contribution in [1.82, 2.24) is 9.97 Å². The van der Waals surface area contributed by atoms with Gasteiger partial charge in [-0.2, -0.15) is 0 Å². The maximum absolute atomic E-state index is 5.84. The third kappa shape index (κ3) is 2.82. The summed E-state index contributed by atoms with van der Waals surface area (Å²) in [5, 5.41) is 0. The summed E-state index contributed by atoms with van der Waals surface area (Å²) >= 11 is 1.72. The SMILES string of the molecule is CSc1ccc(-c2nc(N)cc(C(C)C)n2)cc1. The molecule has 0 amide bonds. The van der Waals surface area contributed by atoms with E-state index >= 15 is 0 Å². The normalized spacial score (nSPS) is 10.9. The van der Waals surface area contributed by atoms with Crippen LogP contribution in [0.2, 0.25) is 0 Å². The fourth-order valence-electron chi connectivity index (χ4n) is 1.65. The summed E-state index contributed by atoms with van der Waals surface area (Å²) in [4.78, 5) is 10.1. The van der Waals surface area contributed by atoms with Gasteiger partial charge in [-0.25, -0.2) is 9.97 Å². The van der Waals surface area contributed by atoms with Gasteiger partial charge in [0.2, 0.25) is 0 Å². The van der Waals surface area contributed by atoms with E-state index in [1.807, 2.05) is 18.2 Å². The van der Waals surface area contributed by atoms with E-state index < -0.39 is 0 Å². The van der Waals surface area contributed by atoms with Crippen molar-refractivity contribution in [3.8, 4) is 11.4 Å². The summed E-state index contributed by atoms with van der Waals surface area (Å²) in [6.45, 7) is 4.20. The molecule has 3 nitrogen and oxygen atoms in total. The van der Waals surface area contributed by atoms with Crippen molar-refractivity contribution in [2.75, 3.05) is 12.0 Å². The average molecular weight is 259 g/mol. The number of benzene rings is 1. The summed E-state index contributed by atoms with van der Waals surface area (Å²) in [5.41, 5.74) is 7.82. The zero-order chi connectivity index (χ0) is 13.1. The number of nitrogen functional groups attached to an aromatic ring is 1. The third-order valence-electron chi connectivity index (χ3n) is 2.71. The minimum absolute atomic E-state index is 0.347. The van der Waals surface area contributed by atoms with E-state index in [1.54, 1.807) is 11.8 Å². The van der Waals surface area contributed by atoms with Crippen molar-refractivity contribution in [2.45, 2.75) is 24.7 Å². The number of hydrogen-bond donors (Lipinski definition) is 1. The summed E-state index contributed by atoms with van der Waals surface area (Å²) in [7, 11) is 0. The second-order valence-corrected chi connectivity index (χ2v) is 5.30. The first-order chi connectivity index (χ1) is 8.60. The van der Waals surface area contributed by atoms with Gasteiger partial charge in [0.1, 0.15) is 5.82 Å². The van der Waals surface area contributed by atoms with Gasteiger partial charge in [0, 0.05) is 22.2 Å². The predicted octanol–water partition coefficient (Wildman–Crippen LogP) is 3.57. The molecule has 1 aromatic heterocycles. The molecule has 94 valence electrons. The zero-order valence-electron chi connectivity index (χ0n) is 10.8. The number of thioether (sulfide) groups is 1. The van der Waals surface area contributed by atoms with E-state index in [-0.39, 0.29) is 0 Å². The number of nitrogens with two attached hydrogens (primary N) is 1. The van der Waals surface area contributed by atoms with Crippen LogP contribution < -0.4 is 5.73 Å². The molecular formula is C14H17N3S. The van der Waals surface area contributed by atoms with Crippen LogP contribution >= 0.6 is 11.8 Å². The van der Waals surface area contributed by atoms with Gasteiger partial charge in [-0.05, 0) is 24.3 Å². The smallest absolute Gasteiger partial charge is 0.161 e. The second kappa shape index (κ2) is 5.40. The fourth-order valence-corrected chi connectivity index (χ4v) is 2.06. The molecule has 0 saturated carbocycles. The predicted molar refractivity (Wildman–Crippen MR) is 77.8 cm³/mol. The Bertz CT molecular complexity index is 535. The average Bonchev–Trinajstić information content (AvgIpc) is 2.38. The second-order valence-electron chi connectivity index (χ2n) is 4.42. The highest BCUT2D eigenvalue weighted by Crippen LogP contribution is 2.23. The Kier molecular flexibility index (Phi) is 3.87. The van der Waals surface area contributed by atoms with E-state index in [2.05, 4.69) is 42.2 Å². The molecule has 2 aromatic rings. The molecule has 18 heavy (non-hydrogen) atoms. The van der Waals surface area contributed by atoms with Crippen LogP contribution in [0.1, 0.15) is 25.5 Å². The molecule has 0 aliphatic heterocycles. The zero-order valence-corrected chi connectivity index (χ0v) is 11.7. The monoisotopic (exact) mass is 259 g/mol. The van der Waals surface area contributed by atoms with E-state index in [1.165, 1.54) is 4.90 Å². The highest BCUT2D eigenvalue weighted by molar-refractivity contribution is 7.98. The van der Waals surface area contributed by atoms with Gasteiger partial charge >= 0.3 is 0 Å². The Morgan fingerprint density at radius 1 is 1.11 bits per heavy atom. The number of nitrogens with zero attached hydrogens (tertiary/aromatic N) is 2. The van der Waals surface area contributed by atoms with Crippen LogP contribution in [-0.4, -0.2) is 16.2 Å². The van der Waals surface area contributed by atoms with Crippen molar-refractivity contribution >= 4 is 17.6 Å². The summed E-state index contributed by atoms with van der Waals surface area (Å²) < 4.78 is 0. The quantitative estimate of drug-likeness (QED) is 0.856. The maximum atomic E-state index is 5.84. The number of anilines is 1. The third-order valence-corrected chi connectivity index (χ3v) is 3.45. The molecule has 1 heterocycles. The molecule has 1 aromatic carbocycles. The summed E-state index contributed by atoms with van der Waals surface area (Å²) in [6.07, 6.45) is 2.06. The van der Waals surface area contributed by atoms with E-state index in [0.29, 0.717) is 17.6 Å². The summed E-state index contributed by atoms with van der Waals surface area (Å²) in [6, 6.07) is 10.0. The molecule has 0 fully saturated rings. The lowest BCUT2D eigenvalue weighted by Crippen LogP contribution is -2.01. The van der Waals surface area contributed by atoms with Crippen molar-refractivity contribution in [3.63, 3.8) is 0 Å². The molecule has 0 bridgehead atoms. The highest BCUT2D eigenvalue weighted by atomic mass is 32.2. The topological polar surface area (TPSA) is 51.8 Å². The number of hydrogen-bond acceptors (Lipinski definition) is 4. The van der Waals surface area contributed by atoms with Crippen molar-refractivity contribution in [1.29, 1.82) is 0 Å². The van der Waals surface area contributed by atoms with Crippen LogP contribution in [-0.2, 0) is 0 Å². The lowest BCUT2D eigenvalue weighted by Gasteiger charge is -2.08. The highest BCUT2D eigenvalue weighted by Gasteiger charge is 2.08. The van der Waals surface area contributed by atoms with Crippen LogP contribution in [0.3, 0.4) is 0 Å². The van der Waals surface area contributed by atoms with E-state index in [0.717, 1.165) is 11.3 Å². The first-order valence-electron chi connectivity index (χ1n) is 5.89. The molecule has 2 rings (SSSR count). The van der Waals surface area contributed by atoms with Crippen LogP contribution in [0.25, 0.3) is 11.4 Å². The first-order valence-corrected chi connectivity index (χ1v) is 7.11. The Morgan fingerprint density at radius 2 is 1.78 bits per heavy atom. The summed E-state index contributed by atoms with van der Waals surface area (Å²) in [5.74, 6) is 1.57. The molecule has 0 unspecified atom stereocenters. The van der Waals surface area contributed by atoms with Gasteiger partial charge in [-0.15, -0.1) is 11.8 Å². The van der Waals surface area contributed by atoms with Crippen molar-refractivity contribution < 1.29 is 0 Å². The Hall–Kier alpha value is -1.55. The van der Waals surface area contributed by atoms with Crippen LogP contribution in [0.4, 0.5) is 5.82 Å². The standard InChI is InChI=1S/C14H17N3S/c1-9(2)12-8-13(15)17-14(16-12)10-4-6-11(18-3)7-5-10/h4-9H,1-3H3,(H2,15,16,17). The molecular weight excluding hydrogens is 242 g/mol. The van der Waals surface area contributed by atoms with Crippen LogP contribution in [0.15, 0.2) is 35.2 Å². The Labute approximate surface area is 112 Å². The number of rotatable bonds is 3. The van der Waals surface area contributed by atoms with Gasteiger partial charge in [0.15, 0.2) is 5.82 Å². The van der Waals surface area contributed by atoms with Crippen molar-refractivity contribution in [2.24, 2.45) is 0 Å². The molecule has 0 radical (unpaired) electrons. The van der Waals surface area contributed by atoms with Gasteiger partial charge in [-0.3, -0.25) is 0 Å². The van der Waals surface area contributed by atoms with Crippen molar-refractivity contribution in [3.05, 3.63) is 36.0 Å². The molecule has 0 aliphatic carbocycles. The molecule has 4 heteroatoms. The van der Waals surface area contributed by atoms with E-state index in [4.69, 9.17) is 5.73 Å². The number of aromatic nitrogens is 2. The van der Waals surface area contributed by atoms with Gasteiger partial charge in [0.05, 0.1) is 0 Å². The molecule has 0 aliphatic rings. The lowest BCUT2D eigenvalue weighted by atomic mass is 10.1. The minimum Gasteiger partial charge on any atom is -0.384 e. The maximum Gasteiger partial charge on any atom is 0.161 e. The Balaban J connectivity index is 2.42. The van der Waals surface area contributed by atoms with Gasteiger partial charge in [-0.1, -0.05) is 26.0 Å². The van der Waals surface area contributed by atoms with E-state index in [9.17, 15) is 0 Å². The molecule has 0 saturated heterocycles. The first kappa shape index (κ1) is 12.9. The molecule has 0 spiro atoms. The van der Waals surface area contributed by atoms with Crippen LogP contribution in [0, 0.1) is 0 Å². The largest absolute Gasteiger partial charge is 0.384 e. The van der Waals surface area contributed by atoms with Crippen LogP contribution in [0.5, 0.6) is 0 Å².